The van der Waals surface area contributed by atoms with Crippen molar-refractivity contribution in [3.05, 3.63) is 33.4 Å². The van der Waals surface area contributed by atoms with E-state index >= 15 is 0 Å². The highest BCUT2D eigenvalue weighted by Gasteiger charge is 2.05. The fourth-order valence-electron chi connectivity index (χ4n) is 1.18. The number of aliphatic hydroxyl groups excluding tert-OH is 1. The smallest absolute Gasteiger partial charge is 0.0474 e. The van der Waals surface area contributed by atoms with Gasteiger partial charge in [0, 0.05) is 10.2 Å². The molecule has 0 heterocycles. The quantitative estimate of drug-likeness (QED) is 0.824. The van der Waals surface area contributed by atoms with Crippen LogP contribution in [0.3, 0.4) is 0 Å². The van der Waals surface area contributed by atoms with Crippen LogP contribution in [0.25, 0.3) is 0 Å². The van der Waals surface area contributed by atoms with E-state index < -0.39 is 0 Å². The standard InChI is InChI=1S/C10H14INO/c11-10-3-1-8(2-4-10)5-9(6-12)7-13/h1-4,9,13H,5-7,12H2. The molecule has 0 saturated heterocycles. The molecule has 0 saturated carbocycles. The first kappa shape index (κ1) is 10.9. The van der Waals surface area contributed by atoms with Crippen LogP contribution in [-0.2, 0) is 6.42 Å². The summed E-state index contributed by atoms with van der Waals surface area (Å²) in [7, 11) is 0. The summed E-state index contributed by atoms with van der Waals surface area (Å²) in [5.74, 6) is 0.195. The summed E-state index contributed by atoms with van der Waals surface area (Å²) < 4.78 is 1.23. The third-order valence-electron chi connectivity index (χ3n) is 2.03. The average Bonchev–Trinajstić information content (AvgIpc) is 2.17. The summed E-state index contributed by atoms with van der Waals surface area (Å²) in [4.78, 5) is 0. The Bertz CT molecular complexity index is 244. The Morgan fingerprint density at radius 3 is 2.38 bits per heavy atom. The molecule has 13 heavy (non-hydrogen) atoms. The van der Waals surface area contributed by atoms with Crippen LogP contribution < -0.4 is 5.73 Å². The second kappa shape index (κ2) is 5.57. The second-order valence-electron chi connectivity index (χ2n) is 3.11. The normalized spacial score (nSPS) is 12.8. The van der Waals surface area contributed by atoms with Gasteiger partial charge in [-0.25, -0.2) is 0 Å². The number of rotatable bonds is 4. The molecule has 0 aliphatic heterocycles. The number of halogens is 1. The zero-order valence-electron chi connectivity index (χ0n) is 7.41. The molecule has 72 valence electrons. The van der Waals surface area contributed by atoms with Gasteiger partial charge < -0.3 is 10.8 Å². The summed E-state index contributed by atoms with van der Waals surface area (Å²) in [5.41, 5.74) is 6.74. The highest BCUT2D eigenvalue weighted by atomic mass is 127. The van der Waals surface area contributed by atoms with Crippen molar-refractivity contribution in [2.24, 2.45) is 11.7 Å². The molecule has 3 heteroatoms. The van der Waals surface area contributed by atoms with Gasteiger partial charge in [0.25, 0.3) is 0 Å². The molecular formula is C10H14INO. The van der Waals surface area contributed by atoms with E-state index in [9.17, 15) is 0 Å². The molecule has 1 aromatic rings. The summed E-state index contributed by atoms with van der Waals surface area (Å²) in [6.45, 7) is 0.713. The van der Waals surface area contributed by atoms with Crippen molar-refractivity contribution in [3.63, 3.8) is 0 Å². The van der Waals surface area contributed by atoms with Crippen LogP contribution in [-0.4, -0.2) is 18.3 Å². The number of nitrogens with two attached hydrogens (primary N) is 1. The van der Waals surface area contributed by atoms with Crippen molar-refractivity contribution in [1.82, 2.24) is 0 Å². The number of hydrogen-bond donors (Lipinski definition) is 2. The third kappa shape index (κ3) is 3.62. The Balaban J connectivity index is 2.58. The largest absolute Gasteiger partial charge is 0.396 e. The molecule has 0 aliphatic carbocycles. The van der Waals surface area contributed by atoms with E-state index in [0.29, 0.717) is 6.54 Å². The fourth-order valence-corrected chi connectivity index (χ4v) is 1.54. The molecule has 0 amide bonds. The summed E-state index contributed by atoms with van der Waals surface area (Å²) in [6.07, 6.45) is 0.865. The zero-order valence-corrected chi connectivity index (χ0v) is 9.57. The lowest BCUT2D eigenvalue weighted by atomic mass is 10.0. The topological polar surface area (TPSA) is 46.2 Å². The van der Waals surface area contributed by atoms with Gasteiger partial charge >= 0.3 is 0 Å². The molecule has 2 nitrogen and oxygen atoms in total. The van der Waals surface area contributed by atoms with Crippen LogP contribution in [0, 0.1) is 9.49 Å². The van der Waals surface area contributed by atoms with Gasteiger partial charge in [-0.2, -0.15) is 0 Å². The SMILES string of the molecule is NCC(CO)Cc1ccc(I)cc1. The lowest BCUT2D eigenvalue weighted by Gasteiger charge is -2.10. The van der Waals surface area contributed by atoms with Crippen molar-refractivity contribution in [2.45, 2.75) is 6.42 Å². The summed E-state index contributed by atoms with van der Waals surface area (Å²) >= 11 is 2.27. The van der Waals surface area contributed by atoms with Gasteiger partial charge in [0.05, 0.1) is 0 Å². The Morgan fingerprint density at radius 2 is 1.92 bits per heavy atom. The van der Waals surface area contributed by atoms with E-state index in [-0.39, 0.29) is 12.5 Å². The predicted octanol–water partition coefficient (Wildman–Crippen LogP) is 1.40. The van der Waals surface area contributed by atoms with Crippen molar-refractivity contribution in [1.29, 1.82) is 0 Å². The first-order valence-corrected chi connectivity index (χ1v) is 5.39. The first-order valence-electron chi connectivity index (χ1n) is 4.31. The molecule has 1 aromatic carbocycles. The Morgan fingerprint density at radius 1 is 1.31 bits per heavy atom. The highest BCUT2D eigenvalue weighted by molar-refractivity contribution is 14.1. The Kier molecular flexibility index (Phi) is 4.69. The molecule has 0 aromatic heterocycles. The molecule has 3 N–H and O–H groups in total. The van der Waals surface area contributed by atoms with Crippen molar-refractivity contribution >= 4 is 22.6 Å². The van der Waals surface area contributed by atoms with Crippen LogP contribution in [0.2, 0.25) is 0 Å². The van der Waals surface area contributed by atoms with E-state index in [4.69, 9.17) is 10.8 Å². The van der Waals surface area contributed by atoms with Gasteiger partial charge in [0.1, 0.15) is 0 Å². The third-order valence-corrected chi connectivity index (χ3v) is 2.75. The highest BCUT2D eigenvalue weighted by Crippen LogP contribution is 2.10. The van der Waals surface area contributed by atoms with Crippen molar-refractivity contribution < 1.29 is 5.11 Å². The van der Waals surface area contributed by atoms with Gasteiger partial charge in [-0.3, -0.25) is 0 Å². The first-order chi connectivity index (χ1) is 6.26. The van der Waals surface area contributed by atoms with Crippen LogP contribution >= 0.6 is 22.6 Å². The van der Waals surface area contributed by atoms with Gasteiger partial charge in [-0.1, -0.05) is 12.1 Å². The minimum Gasteiger partial charge on any atom is -0.396 e. The molecule has 0 aliphatic rings. The minimum absolute atomic E-state index is 0.169. The summed E-state index contributed by atoms with van der Waals surface area (Å²) in [6, 6.07) is 8.31. The molecule has 0 bridgehead atoms. The summed E-state index contributed by atoms with van der Waals surface area (Å²) in [5, 5.41) is 8.96. The predicted molar refractivity (Wildman–Crippen MR) is 62.5 cm³/mol. The molecule has 1 atom stereocenters. The van der Waals surface area contributed by atoms with Crippen LogP contribution in [0.1, 0.15) is 5.56 Å². The molecular weight excluding hydrogens is 277 g/mol. The van der Waals surface area contributed by atoms with Crippen molar-refractivity contribution in [3.8, 4) is 0 Å². The van der Waals surface area contributed by atoms with Crippen LogP contribution in [0.4, 0.5) is 0 Å². The molecule has 0 fully saturated rings. The molecule has 0 spiro atoms. The van der Waals surface area contributed by atoms with E-state index in [1.165, 1.54) is 9.13 Å². The van der Waals surface area contributed by atoms with E-state index in [0.717, 1.165) is 6.42 Å². The van der Waals surface area contributed by atoms with Gasteiger partial charge in [-0.15, -0.1) is 0 Å². The monoisotopic (exact) mass is 291 g/mol. The van der Waals surface area contributed by atoms with Crippen LogP contribution in [0.5, 0.6) is 0 Å². The van der Waals surface area contributed by atoms with Crippen molar-refractivity contribution in [2.75, 3.05) is 13.2 Å². The Labute approximate surface area is 92.3 Å². The molecule has 1 rings (SSSR count). The Hall–Kier alpha value is -0.130. The fraction of sp³-hybridized carbons (Fsp3) is 0.400. The van der Waals surface area contributed by atoms with Gasteiger partial charge in [0.15, 0.2) is 0 Å². The van der Waals surface area contributed by atoms with E-state index in [1.54, 1.807) is 0 Å². The molecule has 1 unspecified atom stereocenters. The average molecular weight is 291 g/mol. The number of aliphatic hydroxyl groups is 1. The van der Waals surface area contributed by atoms with Crippen LogP contribution in [0.15, 0.2) is 24.3 Å². The zero-order chi connectivity index (χ0) is 9.68. The maximum atomic E-state index is 8.96. The maximum Gasteiger partial charge on any atom is 0.0474 e. The van der Waals surface area contributed by atoms with E-state index in [2.05, 4.69) is 46.9 Å². The maximum absolute atomic E-state index is 8.96. The van der Waals surface area contributed by atoms with E-state index in [1.807, 2.05) is 0 Å². The van der Waals surface area contributed by atoms with Gasteiger partial charge in [0.2, 0.25) is 0 Å². The molecule has 0 radical (unpaired) electrons. The number of benzene rings is 1. The lowest BCUT2D eigenvalue weighted by Crippen LogP contribution is -2.20. The van der Waals surface area contributed by atoms with Gasteiger partial charge in [-0.05, 0) is 59.2 Å². The minimum atomic E-state index is 0.169. The number of hydrogen-bond acceptors (Lipinski definition) is 2. The lowest BCUT2D eigenvalue weighted by molar-refractivity contribution is 0.230. The second-order valence-corrected chi connectivity index (χ2v) is 4.36.